The largest absolute Gasteiger partial charge is 0.463 e. The zero-order chi connectivity index (χ0) is 15.5. The lowest BCUT2D eigenvalue weighted by molar-refractivity contribution is 0.0243. The molecule has 1 aliphatic rings. The van der Waals surface area contributed by atoms with E-state index in [1.54, 1.807) is 0 Å². The second-order valence-electron chi connectivity index (χ2n) is 6.74. The van der Waals surface area contributed by atoms with E-state index in [2.05, 4.69) is 56.2 Å². The van der Waals surface area contributed by atoms with Gasteiger partial charge in [0, 0.05) is 12.1 Å². The monoisotopic (exact) mass is 293 g/mol. The van der Waals surface area contributed by atoms with Crippen molar-refractivity contribution in [3.05, 3.63) is 23.2 Å². The number of hydrogen-bond acceptors (Lipinski definition) is 4. The van der Waals surface area contributed by atoms with Gasteiger partial charge < -0.3 is 14.6 Å². The topological polar surface area (TPSA) is 31.7 Å². The van der Waals surface area contributed by atoms with Gasteiger partial charge in [-0.1, -0.05) is 6.92 Å². The van der Waals surface area contributed by atoms with Crippen molar-refractivity contribution in [3.63, 3.8) is 0 Å². The van der Waals surface area contributed by atoms with Gasteiger partial charge in [-0.25, -0.2) is 0 Å². The third-order valence-corrected chi connectivity index (χ3v) is 4.83. The van der Waals surface area contributed by atoms with Gasteiger partial charge in [-0.2, -0.15) is 0 Å². The lowest BCUT2D eigenvalue weighted by Crippen LogP contribution is -2.56. The summed E-state index contributed by atoms with van der Waals surface area (Å²) in [5, 5.41) is 3.33. The highest BCUT2D eigenvalue weighted by Crippen LogP contribution is 2.36. The van der Waals surface area contributed by atoms with Gasteiger partial charge >= 0.3 is 0 Å². The summed E-state index contributed by atoms with van der Waals surface area (Å²) >= 11 is 0. The molecule has 1 heterocycles. The Bertz CT molecular complexity index is 449. The Kier molecular flexibility index (Phi) is 5.47. The third-order valence-electron chi connectivity index (χ3n) is 4.83. The SMILES string of the molecule is CCNCc1oc(CN(C)CC2(N(C)C)CCC2)cc1C. The Labute approximate surface area is 129 Å². The molecule has 1 saturated carbocycles. The standard InChI is InChI=1S/C17H31N3O/c1-6-18-11-16-14(2)10-15(21-16)12-20(5)13-17(19(3)4)8-7-9-17/h10,18H,6-9,11-13H2,1-5H3. The molecule has 1 aliphatic carbocycles. The van der Waals surface area contributed by atoms with Crippen LogP contribution in [0.1, 0.15) is 43.3 Å². The van der Waals surface area contributed by atoms with Crippen LogP contribution in [-0.2, 0) is 13.1 Å². The number of furan rings is 1. The number of hydrogen-bond donors (Lipinski definition) is 1. The van der Waals surface area contributed by atoms with Crippen molar-refractivity contribution in [2.45, 2.75) is 51.7 Å². The molecule has 1 aromatic heterocycles. The summed E-state index contributed by atoms with van der Waals surface area (Å²) in [5.74, 6) is 2.15. The van der Waals surface area contributed by atoms with Crippen LogP contribution in [-0.4, -0.2) is 49.6 Å². The van der Waals surface area contributed by atoms with Crippen LogP contribution in [0.25, 0.3) is 0 Å². The molecule has 4 nitrogen and oxygen atoms in total. The molecule has 0 aliphatic heterocycles. The summed E-state index contributed by atoms with van der Waals surface area (Å²) in [6, 6.07) is 2.19. The van der Waals surface area contributed by atoms with Crippen LogP contribution in [0.5, 0.6) is 0 Å². The summed E-state index contributed by atoms with van der Waals surface area (Å²) in [4.78, 5) is 4.80. The summed E-state index contributed by atoms with van der Waals surface area (Å²) in [6.07, 6.45) is 3.99. The van der Waals surface area contributed by atoms with E-state index in [0.717, 1.165) is 37.7 Å². The van der Waals surface area contributed by atoms with Gasteiger partial charge in [0.2, 0.25) is 0 Å². The van der Waals surface area contributed by atoms with Crippen LogP contribution in [0.2, 0.25) is 0 Å². The average Bonchev–Trinajstić information content (AvgIpc) is 2.71. The van der Waals surface area contributed by atoms with Gasteiger partial charge in [0.25, 0.3) is 0 Å². The number of nitrogens with one attached hydrogen (secondary N) is 1. The highest BCUT2D eigenvalue weighted by Gasteiger charge is 2.39. The molecule has 1 fully saturated rings. The lowest BCUT2D eigenvalue weighted by Gasteiger charge is -2.49. The first-order valence-corrected chi connectivity index (χ1v) is 8.12. The second kappa shape index (κ2) is 6.95. The molecule has 0 spiro atoms. The fraction of sp³-hybridized carbons (Fsp3) is 0.765. The normalized spacial score (nSPS) is 17.5. The summed E-state index contributed by atoms with van der Waals surface area (Å²) in [5.41, 5.74) is 1.63. The molecule has 1 N–H and O–H groups in total. The molecule has 1 aromatic rings. The van der Waals surface area contributed by atoms with Gasteiger partial charge in [-0.15, -0.1) is 0 Å². The molecule has 0 saturated heterocycles. The van der Waals surface area contributed by atoms with Crippen LogP contribution in [0, 0.1) is 6.92 Å². The molecular weight excluding hydrogens is 262 g/mol. The van der Waals surface area contributed by atoms with E-state index < -0.39 is 0 Å². The fourth-order valence-corrected chi connectivity index (χ4v) is 3.24. The highest BCUT2D eigenvalue weighted by molar-refractivity contribution is 5.20. The van der Waals surface area contributed by atoms with Crippen LogP contribution >= 0.6 is 0 Å². The first-order chi connectivity index (χ1) is 9.97. The maximum Gasteiger partial charge on any atom is 0.120 e. The number of likely N-dealkylation sites (N-methyl/N-ethyl adjacent to an activating group) is 2. The van der Waals surface area contributed by atoms with E-state index in [4.69, 9.17) is 4.42 Å². The van der Waals surface area contributed by atoms with E-state index in [0.29, 0.717) is 5.54 Å². The van der Waals surface area contributed by atoms with Crippen molar-refractivity contribution in [1.29, 1.82) is 0 Å². The minimum atomic E-state index is 0.378. The summed E-state index contributed by atoms with van der Waals surface area (Å²) < 4.78 is 6.00. The Morgan fingerprint density at radius 3 is 2.52 bits per heavy atom. The van der Waals surface area contributed by atoms with Crippen LogP contribution in [0.3, 0.4) is 0 Å². The molecular formula is C17H31N3O. The Morgan fingerprint density at radius 2 is 2.00 bits per heavy atom. The Hall–Kier alpha value is -0.840. The second-order valence-corrected chi connectivity index (χ2v) is 6.74. The van der Waals surface area contributed by atoms with Crippen molar-refractivity contribution < 1.29 is 4.42 Å². The Morgan fingerprint density at radius 1 is 1.29 bits per heavy atom. The minimum absolute atomic E-state index is 0.378. The van der Waals surface area contributed by atoms with E-state index in [9.17, 15) is 0 Å². The van der Waals surface area contributed by atoms with Gasteiger partial charge in [0.1, 0.15) is 11.5 Å². The third kappa shape index (κ3) is 3.87. The first-order valence-electron chi connectivity index (χ1n) is 8.12. The molecule has 0 aromatic carbocycles. The van der Waals surface area contributed by atoms with Gasteiger partial charge in [-0.05, 0) is 65.5 Å². The predicted octanol–water partition coefficient (Wildman–Crippen LogP) is 2.61. The highest BCUT2D eigenvalue weighted by atomic mass is 16.3. The molecule has 120 valence electrons. The Balaban J connectivity index is 1.92. The molecule has 0 radical (unpaired) electrons. The molecule has 0 amide bonds. The molecule has 0 unspecified atom stereocenters. The van der Waals surface area contributed by atoms with Crippen molar-refractivity contribution in [3.8, 4) is 0 Å². The maximum absolute atomic E-state index is 6.00. The van der Waals surface area contributed by atoms with E-state index in [-0.39, 0.29) is 0 Å². The summed E-state index contributed by atoms with van der Waals surface area (Å²) in [6.45, 7) is 8.05. The predicted molar refractivity (Wildman–Crippen MR) is 87.4 cm³/mol. The number of nitrogens with zero attached hydrogens (tertiary/aromatic N) is 2. The van der Waals surface area contributed by atoms with Crippen LogP contribution in [0.15, 0.2) is 10.5 Å². The zero-order valence-corrected chi connectivity index (χ0v) is 14.3. The number of rotatable bonds is 8. The molecule has 2 rings (SSSR count). The average molecular weight is 293 g/mol. The maximum atomic E-state index is 6.00. The van der Waals surface area contributed by atoms with Crippen molar-refractivity contribution in [2.24, 2.45) is 0 Å². The van der Waals surface area contributed by atoms with Crippen LogP contribution < -0.4 is 5.32 Å². The van der Waals surface area contributed by atoms with Gasteiger partial charge in [0.15, 0.2) is 0 Å². The van der Waals surface area contributed by atoms with Crippen LogP contribution in [0.4, 0.5) is 0 Å². The van der Waals surface area contributed by atoms with Crippen molar-refractivity contribution in [2.75, 3.05) is 34.2 Å². The van der Waals surface area contributed by atoms with E-state index in [1.807, 2.05) is 0 Å². The quantitative estimate of drug-likeness (QED) is 0.798. The fourth-order valence-electron chi connectivity index (χ4n) is 3.24. The molecule has 21 heavy (non-hydrogen) atoms. The molecule has 4 heteroatoms. The first kappa shape index (κ1) is 16.5. The van der Waals surface area contributed by atoms with Gasteiger partial charge in [0.05, 0.1) is 13.1 Å². The van der Waals surface area contributed by atoms with Crippen molar-refractivity contribution >= 4 is 0 Å². The van der Waals surface area contributed by atoms with E-state index >= 15 is 0 Å². The summed E-state index contributed by atoms with van der Waals surface area (Å²) in [7, 11) is 6.61. The van der Waals surface area contributed by atoms with Gasteiger partial charge in [-0.3, -0.25) is 4.90 Å². The molecule has 0 bridgehead atoms. The van der Waals surface area contributed by atoms with E-state index in [1.165, 1.54) is 24.8 Å². The lowest BCUT2D eigenvalue weighted by atomic mass is 9.75. The zero-order valence-electron chi connectivity index (χ0n) is 14.3. The van der Waals surface area contributed by atoms with Crippen molar-refractivity contribution in [1.82, 2.24) is 15.1 Å². The minimum Gasteiger partial charge on any atom is -0.463 e. The number of aryl methyl sites for hydroxylation is 1. The molecule has 0 atom stereocenters. The smallest absolute Gasteiger partial charge is 0.120 e.